The Kier molecular flexibility index (Phi) is 3.18. The molecule has 0 bridgehead atoms. The van der Waals surface area contributed by atoms with Crippen molar-refractivity contribution in [2.45, 2.75) is 6.18 Å². The molecule has 0 fully saturated rings. The summed E-state index contributed by atoms with van der Waals surface area (Å²) >= 11 is 5.47. The van der Waals surface area contributed by atoms with E-state index < -0.39 is 17.8 Å². The van der Waals surface area contributed by atoms with E-state index >= 15 is 0 Å². The molecule has 0 atom stereocenters. The number of esters is 1. The number of hydrogen-bond donors (Lipinski definition) is 0. The van der Waals surface area contributed by atoms with Crippen molar-refractivity contribution in [2.75, 3.05) is 7.11 Å². The lowest BCUT2D eigenvalue weighted by Gasteiger charge is -2.07. The summed E-state index contributed by atoms with van der Waals surface area (Å²) in [6, 6.07) is 0.577. The first-order valence-corrected chi connectivity index (χ1v) is 4.05. The van der Waals surface area contributed by atoms with Crippen LogP contribution < -0.4 is 0 Å². The van der Waals surface area contributed by atoms with Gasteiger partial charge in [0.1, 0.15) is 5.69 Å². The Morgan fingerprint density at radius 3 is 2.53 bits per heavy atom. The van der Waals surface area contributed by atoms with E-state index in [1.165, 1.54) is 0 Å². The van der Waals surface area contributed by atoms with Crippen LogP contribution in [-0.2, 0) is 10.9 Å². The third-order valence-corrected chi connectivity index (χ3v) is 1.86. The van der Waals surface area contributed by atoms with Gasteiger partial charge in [0, 0.05) is 6.20 Å². The average Bonchev–Trinajstić information content (AvgIpc) is 2.15. The van der Waals surface area contributed by atoms with Crippen LogP contribution in [0.4, 0.5) is 13.2 Å². The summed E-state index contributed by atoms with van der Waals surface area (Å²) in [6.07, 6.45) is -3.85. The summed E-state index contributed by atoms with van der Waals surface area (Å²) in [4.78, 5) is 14.0. The highest BCUT2D eigenvalue weighted by atomic mass is 35.5. The van der Waals surface area contributed by atoms with Crippen molar-refractivity contribution in [1.29, 1.82) is 0 Å². The molecule has 3 nitrogen and oxygen atoms in total. The molecule has 0 N–H and O–H groups in total. The second-order valence-electron chi connectivity index (χ2n) is 2.54. The summed E-state index contributed by atoms with van der Waals surface area (Å²) in [6.45, 7) is 0. The zero-order valence-electron chi connectivity index (χ0n) is 7.43. The van der Waals surface area contributed by atoms with Crippen LogP contribution in [0, 0.1) is 0 Å². The first kappa shape index (κ1) is 11.8. The van der Waals surface area contributed by atoms with Gasteiger partial charge in [0.15, 0.2) is 0 Å². The monoisotopic (exact) mass is 239 g/mol. The molecular formula is C8H5ClF3NO2. The van der Waals surface area contributed by atoms with Gasteiger partial charge in [-0.2, -0.15) is 13.2 Å². The van der Waals surface area contributed by atoms with Crippen molar-refractivity contribution in [3.05, 3.63) is 28.5 Å². The molecule has 0 amide bonds. The number of aromatic nitrogens is 1. The zero-order chi connectivity index (χ0) is 11.6. The molecule has 0 saturated carbocycles. The minimum absolute atomic E-state index is 0.202. The predicted molar refractivity (Wildman–Crippen MR) is 45.6 cm³/mol. The molecule has 15 heavy (non-hydrogen) atoms. The minimum Gasteiger partial charge on any atom is -0.465 e. The summed E-state index contributed by atoms with van der Waals surface area (Å²) < 4.78 is 40.7. The van der Waals surface area contributed by atoms with E-state index in [1.54, 1.807) is 0 Å². The third-order valence-electron chi connectivity index (χ3n) is 1.55. The number of pyridine rings is 1. The summed E-state index contributed by atoms with van der Waals surface area (Å²) in [5.74, 6) is -0.832. The molecule has 1 rings (SSSR count). The fraction of sp³-hybridized carbons (Fsp3) is 0.250. The Bertz CT molecular complexity index is 392. The molecule has 7 heteroatoms. The van der Waals surface area contributed by atoms with Crippen molar-refractivity contribution in [3.8, 4) is 0 Å². The van der Waals surface area contributed by atoms with E-state index in [9.17, 15) is 18.0 Å². The predicted octanol–water partition coefficient (Wildman–Crippen LogP) is 2.54. The van der Waals surface area contributed by atoms with Gasteiger partial charge < -0.3 is 4.74 Å². The lowest BCUT2D eigenvalue weighted by Crippen LogP contribution is -2.10. The molecule has 0 aromatic carbocycles. The third kappa shape index (κ3) is 2.59. The van der Waals surface area contributed by atoms with Crippen molar-refractivity contribution in [3.63, 3.8) is 0 Å². The Balaban J connectivity index is 3.15. The number of hydrogen-bond acceptors (Lipinski definition) is 3. The van der Waals surface area contributed by atoms with Crippen LogP contribution in [-0.4, -0.2) is 18.1 Å². The van der Waals surface area contributed by atoms with Gasteiger partial charge in [0.25, 0.3) is 0 Å². The Hall–Kier alpha value is -1.30. The van der Waals surface area contributed by atoms with Gasteiger partial charge in [-0.25, -0.2) is 4.79 Å². The van der Waals surface area contributed by atoms with Gasteiger partial charge in [0.05, 0.1) is 17.7 Å². The number of rotatable bonds is 1. The molecule has 0 spiro atoms. The van der Waals surface area contributed by atoms with E-state index in [2.05, 4.69) is 9.72 Å². The van der Waals surface area contributed by atoms with E-state index in [1.807, 2.05) is 0 Å². The number of carbonyl (C=O) groups is 1. The van der Waals surface area contributed by atoms with Crippen LogP contribution in [0.3, 0.4) is 0 Å². The maximum absolute atomic E-state index is 12.1. The van der Waals surface area contributed by atoms with Gasteiger partial charge in [0.2, 0.25) is 0 Å². The van der Waals surface area contributed by atoms with Crippen molar-refractivity contribution in [2.24, 2.45) is 0 Å². The van der Waals surface area contributed by atoms with Crippen molar-refractivity contribution < 1.29 is 22.7 Å². The normalized spacial score (nSPS) is 11.3. The van der Waals surface area contributed by atoms with Crippen LogP contribution >= 0.6 is 11.6 Å². The summed E-state index contributed by atoms with van der Waals surface area (Å²) in [5, 5.41) is -0.343. The van der Waals surface area contributed by atoms with E-state index in [4.69, 9.17) is 11.6 Å². The molecule has 1 aromatic heterocycles. The Morgan fingerprint density at radius 2 is 2.13 bits per heavy atom. The maximum atomic E-state index is 12.1. The summed E-state index contributed by atoms with van der Waals surface area (Å²) in [7, 11) is 1.09. The molecule has 0 saturated heterocycles. The molecule has 1 aromatic rings. The molecule has 1 heterocycles. The smallest absolute Gasteiger partial charge is 0.433 e. The highest BCUT2D eigenvalue weighted by Gasteiger charge is 2.33. The topological polar surface area (TPSA) is 39.2 Å². The molecule has 0 aliphatic rings. The zero-order valence-corrected chi connectivity index (χ0v) is 8.19. The van der Waals surface area contributed by atoms with Crippen LogP contribution in [0.5, 0.6) is 0 Å². The second kappa shape index (κ2) is 4.06. The highest BCUT2D eigenvalue weighted by Crippen LogP contribution is 2.30. The fourth-order valence-corrected chi connectivity index (χ4v) is 1.08. The van der Waals surface area contributed by atoms with Crippen LogP contribution in [0.25, 0.3) is 0 Å². The largest absolute Gasteiger partial charge is 0.465 e. The lowest BCUT2D eigenvalue weighted by molar-refractivity contribution is -0.141. The SMILES string of the molecule is COC(=O)c1cnc(C(F)(F)F)cc1Cl. The van der Waals surface area contributed by atoms with Crippen LogP contribution in [0.1, 0.15) is 16.1 Å². The molecule has 0 radical (unpaired) electrons. The summed E-state index contributed by atoms with van der Waals surface area (Å²) in [5.41, 5.74) is -1.35. The van der Waals surface area contributed by atoms with Gasteiger partial charge in [-0.1, -0.05) is 11.6 Å². The maximum Gasteiger partial charge on any atom is 0.433 e. The Morgan fingerprint density at radius 1 is 1.53 bits per heavy atom. The number of halogens is 4. The Labute approximate surface area is 87.8 Å². The standard InChI is InChI=1S/C8H5ClF3NO2/c1-15-7(14)4-3-13-6(2-5(4)9)8(10,11)12/h2-3H,1H3. The number of carbonyl (C=O) groups excluding carboxylic acids is 1. The molecule has 0 aliphatic carbocycles. The lowest BCUT2D eigenvalue weighted by atomic mass is 10.2. The second-order valence-corrected chi connectivity index (χ2v) is 2.95. The minimum atomic E-state index is -4.59. The van der Waals surface area contributed by atoms with E-state index in [0.717, 1.165) is 13.3 Å². The fourth-order valence-electron chi connectivity index (χ4n) is 0.846. The van der Waals surface area contributed by atoms with Gasteiger partial charge in [-0.3, -0.25) is 4.98 Å². The number of alkyl halides is 3. The first-order valence-electron chi connectivity index (χ1n) is 3.67. The molecule has 0 aliphatic heterocycles. The number of methoxy groups -OCH3 is 1. The van der Waals surface area contributed by atoms with Crippen LogP contribution in [0.2, 0.25) is 5.02 Å². The molecule has 0 unspecified atom stereocenters. The number of nitrogens with zero attached hydrogens (tertiary/aromatic N) is 1. The van der Waals surface area contributed by atoms with Gasteiger partial charge in [-0.15, -0.1) is 0 Å². The average molecular weight is 240 g/mol. The quantitative estimate of drug-likeness (QED) is 0.707. The van der Waals surface area contributed by atoms with Gasteiger partial charge in [-0.05, 0) is 6.07 Å². The molecular weight excluding hydrogens is 235 g/mol. The van der Waals surface area contributed by atoms with Crippen LogP contribution in [0.15, 0.2) is 12.3 Å². The van der Waals surface area contributed by atoms with Crippen molar-refractivity contribution in [1.82, 2.24) is 4.98 Å². The highest BCUT2D eigenvalue weighted by molar-refractivity contribution is 6.33. The first-order chi connectivity index (χ1) is 6.86. The van der Waals surface area contributed by atoms with Gasteiger partial charge >= 0.3 is 12.1 Å². The number of ether oxygens (including phenoxy) is 1. The van der Waals surface area contributed by atoms with E-state index in [0.29, 0.717) is 6.07 Å². The molecule has 82 valence electrons. The van der Waals surface area contributed by atoms with Crippen molar-refractivity contribution >= 4 is 17.6 Å². The van der Waals surface area contributed by atoms with E-state index in [-0.39, 0.29) is 10.6 Å².